The number of aromatic amines is 1. The monoisotopic (exact) mass is 351 g/mol. The lowest BCUT2D eigenvalue weighted by Gasteiger charge is -2.23. The van der Waals surface area contributed by atoms with Crippen molar-refractivity contribution in [2.75, 3.05) is 0 Å². The molecule has 26 heavy (non-hydrogen) atoms. The number of aryl methyl sites for hydroxylation is 1. The molecule has 1 heterocycles. The molecule has 0 saturated heterocycles. The molecule has 5 nitrogen and oxygen atoms in total. The van der Waals surface area contributed by atoms with E-state index in [4.69, 9.17) is 4.74 Å². The van der Waals surface area contributed by atoms with E-state index in [9.17, 15) is 4.79 Å². The van der Waals surface area contributed by atoms with Gasteiger partial charge in [0.1, 0.15) is 11.4 Å². The van der Waals surface area contributed by atoms with Crippen LogP contribution >= 0.6 is 0 Å². The van der Waals surface area contributed by atoms with Crippen LogP contribution in [0.15, 0.2) is 48.5 Å². The van der Waals surface area contributed by atoms with Crippen molar-refractivity contribution in [2.45, 2.75) is 45.8 Å². The molecule has 2 aromatic carbocycles. The molecule has 1 atom stereocenters. The third-order valence-electron chi connectivity index (χ3n) is 3.99. The summed E-state index contributed by atoms with van der Waals surface area (Å²) in [5.74, 6) is 0.720. The number of rotatable bonds is 4. The summed E-state index contributed by atoms with van der Waals surface area (Å²) in [6.45, 7) is 7.60. The summed E-state index contributed by atoms with van der Waals surface area (Å²) in [6, 6.07) is 15.8. The maximum absolute atomic E-state index is 12.3. The van der Waals surface area contributed by atoms with Crippen molar-refractivity contribution < 1.29 is 9.53 Å². The Morgan fingerprint density at radius 1 is 1.15 bits per heavy atom. The van der Waals surface area contributed by atoms with Crippen molar-refractivity contribution in [3.63, 3.8) is 0 Å². The summed E-state index contributed by atoms with van der Waals surface area (Å²) in [6.07, 6.45) is 0.175. The number of nitrogens with one attached hydrogen (secondary N) is 2. The van der Waals surface area contributed by atoms with Crippen LogP contribution in [0, 0.1) is 6.92 Å². The molecule has 0 fully saturated rings. The highest BCUT2D eigenvalue weighted by Crippen LogP contribution is 2.21. The summed E-state index contributed by atoms with van der Waals surface area (Å²) >= 11 is 0. The van der Waals surface area contributed by atoms with Gasteiger partial charge < -0.3 is 15.0 Å². The highest BCUT2D eigenvalue weighted by Gasteiger charge is 2.23. The molecule has 3 aromatic rings. The van der Waals surface area contributed by atoms with Crippen molar-refractivity contribution >= 4 is 17.1 Å². The number of hydrogen-bond donors (Lipinski definition) is 2. The van der Waals surface area contributed by atoms with Crippen LogP contribution in [-0.4, -0.2) is 21.7 Å². The minimum absolute atomic E-state index is 0.306. The van der Waals surface area contributed by atoms with Crippen LogP contribution in [-0.2, 0) is 11.2 Å². The topological polar surface area (TPSA) is 67.0 Å². The Kier molecular flexibility index (Phi) is 4.98. The van der Waals surface area contributed by atoms with Crippen LogP contribution in [0.1, 0.15) is 43.8 Å². The van der Waals surface area contributed by atoms with Gasteiger partial charge in [-0.3, -0.25) is 0 Å². The number of H-pyrrole nitrogens is 1. The first kappa shape index (κ1) is 18.0. The Hall–Kier alpha value is -2.82. The highest BCUT2D eigenvalue weighted by atomic mass is 16.6. The largest absolute Gasteiger partial charge is 0.444 e. The van der Waals surface area contributed by atoms with E-state index in [1.54, 1.807) is 0 Å². The smallest absolute Gasteiger partial charge is 0.408 e. The molecule has 0 bridgehead atoms. The first-order chi connectivity index (χ1) is 12.3. The summed E-state index contributed by atoms with van der Waals surface area (Å²) in [4.78, 5) is 20.3. The van der Waals surface area contributed by atoms with Gasteiger partial charge in [-0.25, -0.2) is 9.78 Å². The van der Waals surface area contributed by atoms with E-state index in [1.165, 1.54) is 5.56 Å². The van der Waals surface area contributed by atoms with Crippen molar-refractivity contribution in [1.29, 1.82) is 0 Å². The van der Waals surface area contributed by atoms with Crippen molar-refractivity contribution in [3.8, 4) is 0 Å². The van der Waals surface area contributed by atoms with Crippen LogP contribution < -0.4 is 5.32 Å². The molecule has 1 amide bonds. The van der Waals surface area contributed by atoms with Crippen LogP contribution in [0.4, 0.5) is 4.79 Å². The van der Waals surface area contributed by atoms with E-state index in [2.05, 4.69) is 46.5 Å². The standard InChI is InChI=1S/C21H25N3O2/c1-14-9-11-15(12-10-14)13-18(24-20(25)26-21(2,3)4)19-22-16-7-5-6-8-17(16)23-19/h5-12,18H,13H2,1-4H3,(H,22,23)(H,24,25)/t18-/m1/s1. The summed E-state index contributed by atoms with van der Waals surface area (Å²) in [5.41, 5.74) is 3.60. The number of ether oxygens (including phenoxy) is 1. The predicted octanol–water partition coefficient (Wildman–Crippen LogP) is 4.68. The van der Waals surface area contributed by atoms with Gasteiger partial charge >= 0.3 is 6.09 Å². The summed E-state index contributed by atoms with van der Waals surface area (Å²) in [5, 5.41) is 2.96. The lowest BCUT2D eigenvalue weighted by Crippen LogP contribution is -2.36. The second-order valence-electron chi connectivity index (χ2n) is 7.53. The van der Waals surface area contributed by atoms with Crippen LogP contribution in [0.5, 0.6) is 0 Å². The molecule has 0 aliphatic carbocycles. The average Bonchev–Trinajstić information content (AvgIpc) is 2.98. The molecule has 0 spiro atoms. The number of benzene rings is 2. The number of carbonyl (C=O) groups excluding carboxylic acids is 1. The Morgan fingerprint density at radius 3 is 2.50 bits per heavy atom. The average molecular weight is 351 g/mol. The normalized spacial score (nSPS) is 12.8. The van der Waals surface area contributed by atoms with E-state index < -0.39 is 11.7 Å². The molecular formula is C21H25N3O2. The first-order valence-corrected chi connectivity index (χ1v) is 8.80. The Bertz CT molecular complexity index is 859. The van der Waals surface area contributed by atoms with Gasteiger partial charge in [0.25, 0.3) is 0 Å². The van der Waals surface area contributed by atoms with Gasteiger partial charge in [-0.2, -0.15) is 0 Å². The number of hydrogen-bond acceptors (Lipinski definition) is 3. The molecule has 3 rings (SSSR count). The minimum Gasteiger partial charge on any atom is -0.444 e. The van der Waals surface area contributed by atoms with Crippen LogP contribution in [0.3, 0.4) is 0 Å². The third-order valence-corrected chi connectivity index (χ3v) is 3.99. The van der Waals surface area contributed by atoms with Gasteiger partial charge in [-0.05, 0) is 45.4 Å². The SMILES string of the molecule is Cc1ccc(C[C@@H](NC(=O)OC(C)(C)C)c2nc3ccccc3[nH]2)cc1. The van der Waals surface area contributed by atoms with E-state index >= 15 is 0 Å². The lowest BCUT2D eigenvalue weighted by molar-refractivity contribution is 0.0501. The molecule has 2 N–H and O–H groups in total. The maximum Gasteiger partial charge on any atom is 0.408 e. The highest BCUT2D eigenvalue weighted by molar-refractivity contribution is 5.75. The number of imidazole rings is 1. The number of alkyl carbamates (subject to hydrolysis) is 1. The van der Waals surface area contributed by atoms with Gasteiger partial charge in [0.15, 0.2) is 0 Å². The molecule has 0 unspecified atom stereocenters. The van der Waals surface area contributed by atoms with E-state index in [-0.39, 0.29) is 6.04 Å². The van der Waals surface area contributed by atoms with Gasteiger partial charge in [0.05, 0.1) is 17.1 Å². The lowest BCUT2D eigenvalue weighted by atomic mass is 10.0. The third kappa shape index (κ3) is 4.63. The number of carbonyl (C=O) groups is 1. The predicted molar refractivity (Wildman–Crippen MR) is 103 cm³/mol. The summed E-state index contributed by atoms with van der Waals surface area (Å²) < 4.78 is 5.43. The fourth-order valence-electron chi connectivity index (χ4n) is 2.76. The quantitative estimate of drug-likeness (QED) is 0.717. The zero-order chi connectivity index (χ0) is 18.7. The molecule has 0 aliphatic heterocycles. The Balaban J connectivity index is 1.87. The van der Waals surface area contributed by atoms with Crippen molar-refractivity contribution in [1.82, 2.24) is 15.3 Å². The number of nitrogens with zero attached hydrogens (tertiary/aromatic N) is 1. The van der Waals surface area contributed by atoms with Crippen molar-refractivity contribution in [2.24, 2.45) is 0 Å². The molecule has 1 aromatic heterocycles. The van der Waals surface area contributed by atoms with E-state index in [0.717, 1.165) is 22.4 Å². The van der Waals surface area contributed by atoms with Crippen molar-refractivity contribution in [3.05, 3.63) is 65.5 Å². The molecule has 5 heteroatoms. The number of fused-ring (bicyclic) bond motifs is 1. The van der Waals surface area contributed by atoms with Crippen LogP contribution in [0.2, 0.25) is 0 Å². The van der Waals surface area contributed by atoms with Gasteiger partial charge in [0, 0.05) is 6.42 Å². The summed E-state index contributed by atoms with van der Waals surface area (Å²) in [7, 11) is 0. The molecule has 0 saturated carbocycles. The Labute approximate surface area is 153 Å². The minimum atomic E-state index is -0.549. The molecule has 0 aliphatic rings. The fraction of sp³-hybridized carbons (Fsp3) is 0.333. The van der Waals surface area contributed by atoms with Crippen LogP contribution in [0.25, 0.3) is 11.0 Å². The molecule has 0 radical (unpaired) electrons. The Morgan fingerprint density at radius 2 is 1.85 bits per heavy atom. The second kappa shape index (κ2) is 7.20. The fourth-order valence-corrected chi connectivity index (χ4v) is 2.76. The zero-order valence-electron chi connectivity index (χ0n) is 15.7. The molecule has 136 valence electrons. The number of aromatic nitrogens is 2. The number of amides is 1. The van der Waals surface area contributed by atoms with Gasteiger partial charge in [0.2, 0.25) is 0 Å². The maximum atomic E-state index is 12.3. The molecular weight excluding hydrogens is 326 g/mol. The van der Waals surface area contributed by atoms with Gasteiger partial charge in [-0.1, -0.05) is 42.0 Å². The van der Waals surface area contributed by atoms with E-state index in [0.29, 0.717) is 6.42 Å². The zero-order valence-corrected chi connectivity index (χ0v) is 15.7. The second-order valence-corrected chi connectivity index (χ2v) is 7.53. The first-order valence-electron chi connectivity index (χ1n) is 8.80. The number of para-hydroxylation sites is 2. The van der Waals surface area contributed by atoms with E-state index in [1.807, 2.05) is 45.0 Å². The van der Waals surface area contributed by atoms with Gasteiger partial charge in [-0.15, -0.1) is 0 Å².